The molecule has 4 nitrogen and oxygen atoms in total. The van der Waals surface area contributed by atoms with Gasteiger partial charge in [-0.2, -0.15) is 0 Å². The molecule has 0 aliphatic rings. The molecule has 16 heavy (non-hydrogen) atoms. The number of nitro benzene ring substituents is 1. The van der Waals surface area contributed by atoms with Crippen LogP contribution < -0.4 is 0 Å². The van der Waals surface area contributed by atoms with Gasteiger partial charge in [0.15, 0.2) is 0 Å². The number of hydrogen-bond donors (Lipinski definition) is 0. The van der Waals surface area contributed by atoms with Crippen molar-refractivity contribution < 1.29 is 9.66 Å². The van der Waals surface area contributed by atoms with Crippen LogP contribution in [0.5, 0.6) is 0 Å². The second kappa shape index (κ2) is 6.45. The number of nitro groups is 1. The average molecular weight is 244 g/mol. The Morgan fingerprint density at radius 3 is 2.56 bits per heavy atom. The predicted octanol–water partition coefficient (Wildman–Crippen LogP) is 2.78. The van der Waals surface area contributed by atoms with Gasteiger partial charge in [0.25, 0.3) is 5.69 Å². The van der Waals surface area contributed by atoms with Crippen LogP contribution in [0.3, 0.4) is 0 Å². The molecule has 1 unspecified atom stereocenters. The summed E-state index contributed by atoms with van der Waals surface area (Å²) in [5, 5.41) is 10.4. The lowest BCUT2D eigenvalue weighted by Crippen LogP contribution is -2.06. The van der Waals surface area contributed by atoms with Crippen LogP contribution in [0.1, 0.15) is 12.0 Å². The van der Waals surface area contributed by atoms with E-state index >= 15 is 0 Å². The summed E-state index contributed by atoms with van der Waals surface area (Å²) < 4.78 is 4.93. The minimum atomic E-state index is -0.410. The molecule has 1 aromatic rings. The topological polar surface area (TPSA) is 52.4 Å². The van der Waals surface area contributed by atoms with Crippen LogP contribution in [0.15, 0.2) is 24.3 Å². The van der Waals surface area contributed by atoms with E-state index in [1.165, 1.54) is 12.1 Å². The maximum atomic E-state index is 10.4. The van der Waals surface area contributed by atoms with Gasteiger partial charge in [0.1, 0.15) is 0 Å². The predicted molar refractivity (Wildman–Crippen MR) is 62.9 cm³/mol. The van der Waals surface area contributed by atoms with Crippen LogP contribution in [0.25, 0.3) is 0 Å². The summed E-state index contributed by atoms with van der Waals surface area (Å²) >= 11 is 6.08. The Balaban J connectivity index is 2.51. The maximum absolute atomic E-state index is 10.4. The molecule has 1 aromatic carbocycles. The zero-order chi connectivity index (χ0) is 12.0. The van der Waals surface area contributed by atoms with Gasteiger partial charge in [-0.15, -0.1) is 11.6 Å². The Hall–Kier alpha value is -1.13. The Morgan fingerprint density at radius 1 is 1.44 bits per heavy atom. The van der Waals surface area contributed by atoms with E-state index in [-0.39, 0.29) is 11.1 Å². The molecule has 1 rings (SSSR count). The second-order valence-electron chi connectivity index (χ2n) is 3.51. The molecule has 0 radical (unpaired) electrons. The van der Waals surface area contributed by atoms with Crippen molar-refractivity contribution in [1.82, 2.24) is 0 Å². The van der Waals surface area contributed by atoms with Gasteiger partial charge >= 0.3 is 0 Å². The van der Waals surface area contributed by atoms with Crippen LogP contribution in [0.4, 0.5) is 5.69 Å². The van der Waals surface area contributed by atoms with Crippen molar-refractivity contribution in [2.45, 2.75) is 18.2 Å². The third-order valence-electron chi connectivity index (χ3n) is 2.24. The molecule has 0 heterocycles. The van der Waals surface area contributed by atoms with Crippen LogP contribution >= 0.6 is 11.6 Å². The van der Waals surface area contributed by atoms with Crippen molar-refractivity contribution in [2.75, 3.05) is 13.7 Å². The van der Waals surface area contributed by atoms with E-state index in [1.807, 2.05) is 0 Å². The largest absolute Gasteiger partial charge is 0.385 e. The van der Waals surface area contributed by atoms with Gasteiger partial charge in [0.05, 0.1) is 4.92 Å². The van der Waals surface area contributed by atoms with Gasteiger partial charge in [-0.1, -0.05) is 12.1 Å². The van der Waals surface area contributed by atoms with E-state index in [0.717, 1.165) is 12.0 Å². The summed E-state index contributed by atoms with van der Waals surface area (Å²) in [5.74, 6) is 0. The number of nitrogens with zero attached hydrogens (tertiary/aromatic N) is 1. The summed E-state index contributed by atoms with van der Waals surface area (Å²) in [6, 6.07) is 6.46. The number of benzene rings is 1. The fraction of sp³-hybridized carbons (Fsp3) is 0.455. The van der Waals surface area contributed by atoms with Crippen LogP contribution in [-0.4, -0.2) is 24.0 Å². The van der Waals surface area contributed by atoms with E-state index in [4.69, 9.17) is 16.3 Å². The van der Waals surface area contributed by atoms with Gasteiger partial charge in [-0.05, 0) is 18.4 Å². The van der Waals surface area contributed by atoms with Crippen LogP contribution in [-0.2, 0) is 11.2 Å². The van der Waals surface area contributed by atoms with Crippen molar-refractivity contribution in [1.29, 1.82) is 0 Å². The van der Waals surface area contributed by atoms with E-state index in [1.54, 1.807) is 19.2 Å². The molecule has 0 saturated heterocycles. The maximum Gasteiger partial charge on any atom is 0.269 e. The van der Waals surface area contributed by atoms with Crippen molar-refractivity contribution in [3.8, 4) is 0 Å². The van der Waals surface area contributed by atoms with Crippen LogP contribution in [0, 0.1) is 10.1 Å². The second-order valence-corrected chi connectivity index (χ2v) is 4.12. The monoisotopic (exact) mass is 243 g/mol. The smallest absolute Gasteiger partial charge is 0.269 e. The number of hydrogen-bond acceptors (Lipinski definition) is 3. The number of rotatable bonds is 6. The molecule has 0 spiro atoms. The SMILES string of the molecule is COCCC(Cl)Cc1ccc([N+](=O)[O-])cc1. The summed E-state index contributed by atoms with van der Waals surface area (Å²) in [4.78, 5) is 10.0. The van der Waals surface area contributed by atoms with Crippen LogP contribution in [0.2, 0.25) is 0 Å². The third-order valence-corrected chi connectivity index (χ3v) is 2.61. The first-order valence-electron chi connectivity index (χ1n) is 5.00. The number of halogens is 1. The number of methoxy groups -OCH3 is 1. The minimum Gasteiger partial charge on any atom is -0.385 e. The molecule has 0 N–H and O–H groups in total. The summed E-state index contributed by atoms with van der Waals surface area (Å²) in [6.45, 7) is 0.626. The molecule has 0 bridgehead atoms. The quantitative estimate of drug-likeness (QED) is 0.439. The Kier molecular flexibility index (Phi) is 5.22. The molecule has 0 aromatic heterocycles. The molecular formula is C11H14ClNO3. The summed E-state index contributed by atoms with van der Waals surface area (Å²) in [5.41, 5.74) is 1.11. The fourth-order valence-electron chi connectivity index (χ4n) is 1.36. The lowest BCUT2D eigenvalue weighted by molar-refractivity contribution is -0.384. The normalized spacial score (nSPS) is 12.4. The highest BCUT2D eigenvalue weighted by molar-refractivity contribution is 6.20. The number of alkyl halides is 1. The Labute approximate surface area is 99.3 Å². The van der Waals surface area contributed by atoms with E-state index in [9.17, 15) is 10.1 Å². The molecule has 0 aliphatic heterocycles. The van der Waals surface area contributed by atoms with E-state index < -0.39 is 4.92 Å². The minimum absolute atomic E-state index is 0.00130. The first-order valence-corrected chi connectivity index (χ1v) is 5.43. The summed E-state index contributed by atoms with van der Waals surface area (Å²) in [6.07, 6.45) is 1.47. The highest BCUT2D eigenvalue weighted by atomic mass is 35.5. The third kappa shape index (κ3) is 4.16. The molecule has 0 fully saturated rings. The lowest BCUT2D eigenvalue weighted by Gasteiger charge is -2.08. The van der Waals surface area contributed by atoms with Gasteiger partial charge < -0.3 is 4.74 Å². The number of ether oxygens (including phenoxy) is 1. The van der Waals surface area contributed by atoms with Gasteiger partial charge in [-0.25, -0.2) is 0 Å². The zero-order valence-corrected chi connectivity index (χ0v) is 9.81. The highest BCUT2D eigenvalue weighted by Gasteiger charge is 2.08. The highest BCUT2D eigenvalue weighted by Crippen LogP contribution is 2.16. The number of non-ortho nitro benzene ring substituents is 1. The first-order chi connectivity index (χ1) is 7.63. The zero-order valence-electron chi connectivity index (χ0n) is 9.06. The summed E-state index contributed by atoms with van der Waals surface area (Å²) in [7, 11) is 1.63. The van der Waals surface area contributed by atoms with E-state index in [0.29, 0.717) is 13.0 Å². The molecule has 0 aliphatic carbocycles. The lowest BCUT2D eigenvalue weighted by atomic mass is 10.1. The average Bonchev–Trinajstić information content (AvgIpc) is 2.27. The molecule has 0 saturated carbocycles. The fourth-order valence-corrected chi connectivity index (χ4v) is 1.62. The molecule has 5 heteroatoms. The van der Waals surface area contributed by atoms with Gasteiger partial charge in [-0.3, -0.25) is 10.1 Å². The van der Waals surface area contributed by atoms with Crippen molar-refractivity contribution >= 4 is 17.3 Å². The molecule has 1 atom stereocenters. The standard InChI is InChI=1S/C11H14ClNO3/c1-16-7-6-10(12)8-9-2-4-11(5-3-9)13(14)15/h2-5,10H,6-8H2,1H3. The van der Waals surface area contributed by atoms with Gasteiger partial charge in [0.2, 0.25) is 0 Å². The Morgan fingerprint density at radius 2 is 2.06 bits per heavy atom. The van der Waals surface area contributed by atoms with Gasteiger partial charge in [0, 0.05) is 31.2 Å². The van der Waals surface area contributed by atoms with E-state index in [2.05, 4.69) is 0 Å². The molecule has 88 valence electrons. The van der Waals surface area contributed by atoms with Crippen molar-refractivity contribution in [2.24, 2.45) is 0 Å². The molecule has 0 amide bonds. The molecular weight excluding hydrogens is 230 g/mol. The van der Waals surface area contributed by atoms with Crippen molar-refractivity contribution in [3.63, 3.8) is 0 Å². The van der Waals surface area contributed by atoms with Crippen molar-refractivity contribution in [3.05, 3.63) is 39.9 Å². The Bertz CT molecular complexity index is 340. The first kappa shape index (κ1) is 12.9.